The van der Waals surface area contributed by atoms with Crippen molar-refractivity contribution in [2.75, 3.05) is 13.6 Å². The lowest BCUT2D eigenvalue weighted by Gasteiger charge is -2.18. The van der Waals surface area contributed by atoms with Gasteiger partial charge in [0, 0.05) is 7.05 Å². The lowest BCUT2D eigenvalue weighted by Crippen LogP contribution is -2.36. The van der Waals surface area contributed by atoms with Crippen LogP contribution in [0.25, 0.3) is 0 Å². The Kier molecular flexibility index (Phi) is 1.60. The second-order valence-corrected chi connectivity index (χ2v) is 2.37. The molecule has 0 aromatic carbocycles. The van der Waals surface area contributed by atoms with E-state index in [4.69, 9.17) is 5.73 Å². The molecular formula is C6H13N3. The third-order valence-corrected chi connectivity index (χ3v) is 1.84. The van der Waals surface area contributed by atoms with Gasteiger partial charge in [-0.05, 0) is 6.42 Å². The number of hydrogen-bond donors (Lipinski definition) is 1. The van der Waals surface area contributed by atoms with Gasteiger partial charge in [-0.25, -0.2) is 0 Å². The van der Waals surface area contributed by atoms with Gasteiger partial charge in [-0.3, -0.25) is 4.99 Å². The van der Waals surface area contributed by atoms with Gasteiger partial charge in [0.2, 0.25) is 0 Å². The van der Waals surface area contributed by atoms with E-state index in [0.717, 1.165) is 13.0 Å². The first-order chi connectivity index (χ1) is 4.25. The molecule has 1 unspecified atom stereocenters. The number of likely N-dealkylation sites (N-methyl/N-ethyl adjacent to an activating group) is 1. The molecule has 3 nitrogen and oxygen atoms in total. The van der Waals surface area contributed by atoms with Gasteiger partial charge < -0.3 is 10.6 Å². The molecule has 0 radical (unpaired) electrons. The molecule has 9 heavy (non-hydrogen) atoms. The summed E-state index contributed by atoms with van der Waals surface area (Å²) in [7, 11) is 1.99. The summed E-state index contributed by atoms with van der Waals surface area (Å²) in [5.74, 6) is 0.682. The average Bonchev–Trinajstić information content (AvgIpc) is 2.15. The van der Waals surface area contributed by atoms with Crippen LogP contribution in [0.3, 0.4) is 0 Å². The van der Waals surface area contributed by atoms with Crippen molar-refractivity contribution in [3.63, 3.8) is 0 Å². The van der Waals surface area contributed by atoms with Crippen LogP contribution < -0.4 is 5.73 Å². The number of guanidine groups is 1. The van der Waals surface area contributed by atoms with Gasteiger partial charge in [0.25, 0.3) is 0 Å². The number of aliphatic imine (C=N–C) groups is 1. The van der Waals surface area contributed by atoms with Crippen LogP contribution >= 0.6 is 0 Å². The molecule has 1 atom stereocenters. The Morgan fingerprint density at radius 2 is 2.56 bits per heavy atom. The van der Waals surface area contributed by atoms with Crippen LogP contribution in [0.4, 0.5) is 0 Å². The second kappa shape index (κ2) is 2.25. The van der Waals surface area contributed by atoms with Crippen LogP contribution in [0.1, 0.15) is 13.3 Å². The molecule has 0 saturated heterocycles. The summed E-state index contributed by atoms with van der Waals surface area (Å²) in [6.45, 7) is 3.02. The van der Waals surface area contributed by atoms with E-state index in [-0.39, 0.29) is 0 Å². The molecule has 0 saturated carbocycles. The van der Waals surface area contributed by atoms with Crippen molar-refractivity contribution in [1.29, 1.82) is 0 Å². The first-order valence-corrected chi connectivity index (χ1v) is 3.28. The normalized spacial score (nSPS) is 26.7. The van der Waals surface area contributed by atoms with E-state index >= 15 is 0 Å². The summed E-state index contributed by atoms with van der Waals surface area (Å²) in [6, 6.07) is 0.546. The zero-order valence-electron chi connectivity index (χ0n) is 5.96. The fourth-order valence-electron chi connectivity index (χ4n) is 1.02. The Morgan fingerprint density at radius 1 is 1.89 bits per heavy atom. The second-order valence-electron chi connectivity index (χ2n) is 2.37. The smallest absolute Gasteiger partial charge is 0.191 e. The Hall–Kier alpha value is -0.730. The zero-order valence-corrected chi connectivity index (χ0v) is 5.96. The minimum Gasteiger partial charge on any atom is -0.370 e. The minimum atomic E-state index is 0.546. The van der Waals surface area contributed by atoms with Gasteiger partial charge >= 0.3 is 0 Å². The third kappa shape index (κ3) is 0.992. The van der Waals surface area contributed by atoms with Crippen molar-refractivity contribution in [3.05, 3.63) is 0 Å². The molecule has 0 bridgehead atoms. The Bertz CT molecular complexity index is 130. The molecule has 52 valence electrons. The first-order valence-electron chi connectivity index (χ1n) is 3.28. The standard InChI is InChI=1S/C6H13N3/c1-3-5-4-8-6(7)9(5)2/h5H,3-4H2,1-2H3,(H2,7,8). The topological polar surface area (TPSA) is 41.6 Å². The highest BCUT2D eigenvalue weighted by molar-refractivity contribution is 5.79. The molecule has 2 N–H and O–H groups in total. The van der Waals surface area contributed by atoms with Gasteiger partial charge in [-0.1, -0.05) is 6.92 Å². The molecule has 1 aliphatic rings. The van der Waals surface area contributed by atoms with Crippen LogP contribution in [0, 0.1) is 0 Å². The first kappa shape index (κ1) is 6.39. The Labute approximate surface area is 55.6 Å². The lowest BCUT2D eigenvalue weighted by atomic mass is 10.2. The van der Waals surface area contributed by atoms with Gasteiger partial charge in [0.05, 0.1) is 12.6 Å². The van der Waals surface area contributed by atoms with Gasteiger partial charge in [0.1, 0.15) is 0 Å². The van der Waals surface area contributed by atoms with E-state index < -0.39 is 0 Å². The fraction of sp³-hybridized carbons (Fsp3) is 0.833. The largest absolute Gasteiger partial charge is 0.370 e. The summed E-state index contributed by atoms with van der Waals surface area (Å²) in [5.41, 5.74) is 5.52. The van der Waals surface area contributed by atoms with Crippen molar-refractivity contribution >= 4 is 5.96 Å². The summed E-state index contributed by atoms with van der Waals surface area (Å²) >= 11 is 0. The quantitative estimate of drug-likeness (QED) is 0.539. The van der Waals surface area contributed by atoms with Gasteiger partial charge in [-0.2, -0.15) is 0 Å². The zero-order chi connectivity index (χ0) is 6.85. The molecule has 1 aliphatic heterocycles. The molecule has 0 aromatic rings. The van der Waals surface area contributed by atoms with E-state index in [1.54, 1.807) is 0 Å². The molecule has 0 aliphatic carbocycles. The number of rotatable bonds is 1. The van der Waals surface area contributed by atoms with E-state index in [0.29, 0.717) is 12.0 Å². The van der Waals surface area contributed by atoms with Crippen LogP contribution in [0.5, 0.6) is 0 Å². The molecule has 0 fully saturated rings. The highest BCUT2D eigenvalue weighted by atomic mass is 15.3. The maximum atomic E-state index is 5.52. The van der Waals surface area contributed by atoms with Crippen molar-refractivity contribution in [1.82, 2.24) is 4.90 Å². The predicted molar refractivity (Wildman–Crippen MR) is 38.3 cm³/mol. The number of nitrogens with zero attached hydrogens (tertiary/aromatic N) is 2. The van der Waals surface area contributed by atoms with Gasteiger partial charge in [0.15, 0.2) is 5.96 Å². The summed E-state index contributed by atoms with van der Waals surface area (Å²) in [4.78, 5) is 6.12. The maximum absolute atomic E-state index is 5.52. The van der Waals surface area contributed by atoms with Crippen LogP contribution in [-0.2, 0) is 0 Å². The van der Waals surface area contributed by atoms with E-state index in [1.165, 1.54) is 0 Å². The number of hydrogen-bond acceptors (Lipinski definition) is 3. The molecule has 0 aromatic heterocycles. The fourth-order valence-corrected chi connectivity index (χ4v) is 1.02. The maximum Gasteiger partial charge on any atom is 0.191 e. The Balaban J connectivity index is 2.51. The average molecular weight is 127 g/mol. The predicted octanol–water partition coefficient (Wildman–Crippen LogP) is 0.0251. The highest BCUT2D eigenvalue weighted by Crippen LogP contribution is 2.07. The van der Waals surface area contributed by atoms with E-state index in [2.05, 4.69) is 11.9 Å². The van der Waals surface area contributed by atoms with Crippen LogP contribution in [0.2, 0.25) is 0 Å². The van der Waals surface area contributed by atoms with Crippen molar-refractivity contribution in [3.8, 4) is 0 Å². The molecular weight excluding hydrogens is 114 g/mol. The highest BCUT2D eigenvalue weighted by Gasteiger charge is 2.19. The van der Waals surface area contributed by atoms with Gasteiger partial charge in [-0.15, -0.1) is 0 Å². The van der Waals surface area contributed by atoms with E-state index in [9.17, 15) is 0 Å². The molecule has 3 heteroatoms. The van der Waals surface area contributed by atoms with E-state index in [1.807, 2.05) is 11.9 Å². The summed E-state index contributed by atoms with van der Waals surface area (Å²) < 4.78 is 0. The molecule has 1 heterocycles. The minimum absolute atomic E-state index is 0.546. The monoisotopic (exact) mass is 127 g/mol. The Morgan fingerprint density at radius 3 is 2.78 bits per heavy atom. The number of nitrogens with two attached hydrogens (primary N) is 1. The summed E-state index contributed by atoms with van der Waals surface area (Å²) in [5, 5.41) is 0. The van der Waals surface area contributed by atoms with Crippen molar-refractivity contribution in [2.45, 2.75) is 19.4 Å². The summed E-state index contributed by atoms with van der Waals surface area (Å²) in [6.07, 6.45) is 1.13. The molecule has 0 amide bonds. The van der Waals surface area contributed by atoms with Crippen molar-refractivity contribution in [2.24, 2.45) is 10.7 Å². The third-order valence-electron chi connectivity index (χ3n) is 1.84. The van der Waals surface area contributed by atoms with Crippen LogP contribution in [0.15, 0.2) is 4.99 Å². The molecule has 1 rings (SSSR count). The SMILES string of the molecule is CCC1CN=C(N)N1C. The lowest BCUT2D eigenvalue weighted by molar-refractivity contribution is 0.391. The van der Waals surface area contributed by atoms with Crippen LogP contribution in [-0.4, -0.2) is 30.5 Å². The molecule has 0 spiro atoms. The van der Waals surface area contributed by atoms with Crippen molar-refractivity contribution < 1.29 is 0 Å².